The molecule has 190 valence electrons. The number of benzene rings is 2. The molecule has 0 radical (unpaired) electrons. The first-order chi connectivity index (χ1) is 17.5. The number of anilines is 2. The summed E-state index contributed by atoms with van der Waals surface area (Å²) < 4.78 is 5.40. The Morgan fingerprint density at radius 3 is 2.72 bits per heavy atom. The van der Waals surface area contributed by atoms with Gasteiger partial charge < -0.3 is 19.9 Å². The summed E-state index contributed by atoms with van der Waals surface area (Å²) in [7, 11) is 1.77. The average molecular weight is 489 g/mol. The Labute approximate surface area is 212 Å². The van der Waals surface area contributed by atoms with Crippen LogP contribution in [0.4, 0.5) is 11.4 Å². The molecule has 0 bridgehead atoms. The zero-order valence-electron chi connectivity index (χ0n) is 21.3. The van der Waals surface area contributed by atoms with E-state index in [0.717, 1.165) is 91.1 Å². The summed E-state index contributed by atoms with van der Waals surface area (Å²) in [4.78, 5) is 33.1. The lowest BCUT2D eigenvalue weighted by Crippen LogP contribution is -2.36. The molecule has 3 aromatic rings. The number of carbonyl (C=O) groups excluding carboxylic acids is 1. The van der Waals surface area contributed by atoms with E-state index < -0.39 is 0 Å². The number of H-pyrrole nitrogens is 1. The van der Waals surface area contributed by atoms with Gasteiger partial charge in [-0.05, 0) is 86.5 Å². The van der Waals surface area contributed by atoms with Crippen LogP contribution in [0.1, 0.15) is 47.2 Å². The van der Waals surface area contributed by atoms with Gasteiger partial charge in [0.15, 0.2) is 0 Å². The number of carbonyl (C=O) groups is 1. The molecule has 2 saturated heterocycles. The van der Waals surface area contributed by atoms with Crippen molar-refractivity contribution in [2.45, 2.75) is 39.2 Å². The number of methoxy groups -OCH3 is 1. The number of nitrogens with one attached hydrogen (secondary N) is 2. The highest BCUT2D eigenvalue weighted by atomic mass is 16.5. The molecule has 2 aliphatic rings. The highest BCUT2D eigenvalue weighted by Crippen LogP contribution is 2.29. The summed E-state index contributed by atoms with van der Waals surface area (Å²) in [5, 5.41) is 4.05. The Balaban J connectivity index is 1.40. The smallest absolute Gasteiger partial charge is 0.257 e. The maximum Gasteiger partial charge on any atom is 0.257 e. The molecule has 0 spiro atoms. The van der Waals surface area contributed by atoms with Crippen LogP contribution in [0.5, 0.6) is 0 Å². The maximum absolute atomic E-state index is 13.6. The number of likely N-dealkylation sites (tertiary alicyclic amines) is 1. The van der Waals surface area contributed by atoms with Crippen molar-refractivity contribution in [3.63, 3.8) is 0 Å². The number of hydrogen-bond donors (Lipinski definition) is 2. The molecular weight excluding hydrogens is 452 g/mol. The Hall–Kier alpha value is -3.16. The third-order valence-corrected chi connectivity index (χ3v) is 7.47. The number of aromatic nitrogens is 1. The van der Waals surface area contributed by atoms with Crippen LogP contribution in [0.2, 0.25) is 0 Å². The Bertz CT molecular complexity index is 1290. The van der Waals surface area contributed by atoms with Crippen molar-refractivity contribution in [3.8, 4) is 0 Å². The van der Waals surface area contributed by atoms with Crippen molar-refractivity contribution in [1.82, 2.24) is 9.88 Å². The van der Waals surface area contributed by atoms with Crippen molar-refractivity contribution >= 4 is 28.2 Å². The Morgan fingerprint density at radius 2 is 1.92 bits per heavy atom. The molecular formula is C29H36N4O3. The van der Waals surface area contributed by atoms with E-state index in [1.54, 1.807) is 13.2 Å². The molecule has 2 aromatic carbocycles. The van der Waals surface area contributed by atoms with Crippen LogP contribution in [0.15, 0.2) is 47.3 Å². The number of rotatable bonds is 7. The first-order valence-corrected chi connectivity index (χ1v) is 13.0. The number of pyridine rings is 1. The summed E-state index contributed by atoms with van der Waals surface area (Å²) in [6.07, 6.45) is 4.70. The van der Waals surface area contributed by atoms with Gasteiger partial charge in [0.25, 0.3) is 5.91 Å². The number of fused-ring (bicyclic) bond motifs is 1. The fourth-order valence-electron chi connectivity index (χ4n) is 5.72. The monoisotopic (exact) mass is 488 g/mol. The van der Waals surface area contributed by atoms with Gasteiger partial charge in [0.05, 0.1) is 12.2 Å². The zero-order valence-corrected chi connectivity index (χ0v) is 21.3. The maximum atomic E-state index is 13.6. The van der Waals surface area contributed by atoms with E-state index in [1.165, 1.54) is 12.8 Å². The average Bonchev–Trinajstić information content (AvgIpc) is 3.40. The van der Waals surface area contributed by atoms with Gasteiger partial charge in [0.1, 0.15) is 0 Å². The number of nitrogens with zero attached hydrogens (tertiary/aromatic N) is 2. The SMILES string of the molecule is COCC1CCCN(Cc2ccc(N3CCCC3)c(C(=O)Nc3ccc4[nH]c(=O)cc(C)c4c3)c2)C1. The largest absolute Gasteiger partial charge is 0.384 e. The van der Waals surface area contributed by atoms with Gasteiger partial charge in [0.2, 0.25) is 5.56 Å². The standard InChI is InChI=1S/C29H36N4O3/c1-20-14-28(34)31-26-9-8-23(16-24(20)26)30-29(35)25-15-21(7-10-27(25)33-12-3-4-13-33)17-32-11-5-6-22(18-32)19-36-2/h7-10,14-16,22H,3-6,11-13,17-19H2,1-2H3,(H,30,35)(H,31,34). The Morgan fingerprint density at radius 1 is 1.08 bits per heavy atom. The lowest BCUT2D eigenvalue weighted by Gasteiger charge is -2.32. The van der Waals surface area contributed by atoms with E-state index >= 15 is 0 Å². The van der Waals surface area contributed by atoms with Crippen LogP contribution in [0, 0.1) is 12.8 Å². The molecule has 5 rings (SSSR count). The van der Waals surface area contributed by atoms with Crippen molar-refractivity contribution in [3.05, 3.63) is 69.5 Å². The highest BCUT2D eigenvalue weighted by molar-refractivity contribution is 6.09. The lowest BCUT2D eigenvalue weighted by molar-refractivity contribution is 0.0873. The first-order valence-electron chi connectivity index (χ1n) is 13.0. The Kier molecular flexibility index (Phi) is 7.39. The molecule has 1 atom stereocenters. The van der Waals surface area contributed by atoms with Crippen LogP contribution in [0.3, 0.4) is 0 Å². The molecule has 2 aliphatic heterocycles. The van der Waals surface area contributed by atoms with E-state index in [4.69, 9.17) is 4.74 Å². The van der Waals surface area contributed by atoms with Gasteiger partial charge in [-0.25, -0.2) is 0 Å². The normalized spacial score (nSPS) is 18.6. The predicted molar refractivity (Wildman–Crippen MR) is 145 cm³/mol. The van der Waals surface area contributed by atoms with Crippen LogP contribution >= 0.6 is 0 Å². The minimum Gasteiger partial charge on any atom is -0.384 e. The second-order valence-electron chi connectivity index (χ2n) is 10.3. The van der Waals surface area contributed by atoms with Crippen molar-refractivity contribution in [1.29, 1.82) is 0 Å². The highest BCUT2D eigenvalue weighted by Gasteiger charge is 2.23. The van der Waals surface area contributed by atoms with Crippen LogP contribution in [-0.2, 0) is 11.3 Å². The number of piperidine rings is 1. The van der Waals surface area contributed by atoms with Gasteiger partial charge in [-0.2, -0.15) is 0 Å². The second kappa shape index (κ2) is 10.8. The summed E-state index contributed by atoms with van der Waals surface area (Å²) in [6, 6.07) is 13.6. The summed E-state index contributed by atoms with van der Waals surface area (Å²) >= 11 is 0. The molecule has 7 heteroatoms. The topological polar surface area (TPSA) is 77.7 Å². The van der Waals surface area contributed by atoms with Crippen LogP contribution in [-0.4, -0.2) is 55.7 Å². The van der Waals surface area contributed by atoms with E-state index in [0.29, 0.717) is 5.92 Å². The third kappa shape index (κ3) is 5.47. The molecule has 2 N–H and O–H groups in total. The molecule has 0 aliphatic carbocycles. The number of aromatic amines is 1. The lowest BCUT2D eigenvalue weighted by atomic mass is 9.98. The molecule has 1 aromatic heterocycles. The predicted octanol–water partition coefficient (Wildman–Crippen LogP) is 4.55. The van der Waals surface area contributed by atoms with Gasteiger partial charge in [-0.1, -0.05) is 6.07 Å². The number of hydrogen-bond acceptors (Lipinski definition) is 5. The summed E-state index contributed by atoms with van der Waals surface area (Å²) in [5.74, 6) is 0.470. The molecule has 2 fully saturated rings. The van der Waals surface area contributed by atoms with Gasteiger partial charge >= 0.3 is 0 Å². The van der Waals surface area contributed by atoms with Gasteiger partial charge in [0, 0.05) is 61.6 Å². The molecule has 0 saturated carbocycles. The minimum atomic E-state index is -0.119. The second-order valence-corrected chi connectivity index (χ2v) is 10.3. The van der Waals surface area contributed by atoms with Crippen LogP contribution < -0.4 is 15.8 Å². The van der Waals surface area contributed by atoms with Gasteiger partial charge in [-0.15, -0.1) is 0 Å². The van der Waals surface area contributed by atoms with E-state index in [1.807, 2.05) is 25.1 Å². The zero-order chi connectivity index (χ0) is 25.1. The first kappa shape index (κ1) is 24.5. The van der Waals surface area contributed by atoms with E-state index in [9.17, 15) is 9.59 Å². The number of amides is 1. The fraction of sp³-hybridized carbons (Fsp3) is 0.448. The minimum absolute atomic E-state index is 0.101. The van der Waals surface area contributed by atoms with E-state index in [-0.39, 0.29) is 11.5 Å². The fourth-order valence-corrected chi connectivity index (χ4v) is 5.72. The van der Waals surface area contributed by atoms with E-state index in [2.05, 4.69) is 38.3 Å². The van der Waals surface area contributed by atoms with Crippen LogP contribution in [0.25, 0.3) is 10.9 Å². The molecule has 1 unspecified atom stereocenters. The molecule has 1 amide bonds. The molecule has 3 heterocycles. The van der Waals surface area contributed by atoms with Gasteiger partial charge in [-0.3, -0.25) is 14.5 Å². The quantitative estimate of drug-likeness (QED) is 0.510. The number of aryl methyl sites for hydroxylation is 1. The van der Waals surface area contributed by atoms with Crippen molar-refractivity contribution in [2.24, 2.45) is 5.92 Å². The third-order valence-electron chi connectivity index (χ3n) is 7.47. The molecule has 7 nitrogen and oxygen atoms in total. The van der Waals surface area contributed by atoms with Crippen molar-refractivity contribution in [2.75, 3.05) is 50.1 Å². The molecule has 36 heavy (non-hydrogen) atoms. The summed E-state index contributed by atoms with van der Waals surface area (Å²) in [5.41, 5.74) is 5.14. The summed E-state index contributed by atoms with van der Waals surface area (Å²) in [6.45, 7) is 7.62. The van der Waals surface area contributed by atoms with Crippen molar-refractivity contribution < 1.29 is 9.53 Å². The number of ether oxygens (including phenoxy) is 1.